The van der Waals surface area contributed by atoms with Crippen molar-refractivity contribution < 1.29 is 20.1 Å². The molecule has 0 saturated carbocycles. The molecule has 5 heteroatoms. The predicted octanol–water partition coefficient (Wildman–Crippen LogP) is -1.85. The zero-order valence-corrected chi connectivity index (χ0v) is 6.11. The average Bonchev–Trinajstić information content (AvgIpc) is 1.85. The third-order valence-electron chi connectivity index (χ3n) is 2.09. The molecule has 11 heavy (non-hydrogen) atoms. The molecule has 1 rings (SSSR count). The Morgan fingerprint density at radius 3 is 2.55 bits per heavy atom. The Balaban J connectivity index is 2.61. The van der Waals surface area contributed by atoms with Crippen LogP contribution in [0.4, 0.5) is 0 Å². The topological polar surface area (TPSA) is 89.8 Å². The molecule has 1 fully saturated rings. The van der Waals surface area contributed by atoms with Crippen molar-refractivity contribution in [3.8, 4) is 0 Å². The monoisotopic (exact) mass is 161 g/mol. The molecule has 0 radical (unpaired) electrons. The number of hydrogen-bond donors (Lipinski definition) is 4. The van der Waals surface area contributed by atoms with Crippen LogP contribution in [0, 0.1) is 0 Å². The van der Waals surface area contributed by atoms with Crippen LogP contribution in [0.15, 0.2) is 0 Å². The van der Waals surface area contributed by atoms with Gasteiger partial charge in [-0.3, -0.25) is 10.1 Å². The van der Waals surface area contributed by atoms with Crippen LogP contribution in [0.25, 0.3) is 0 Å². The van der Waals surface area contributed by atoms with E-state index < -0.39 is 23.7 Å². The van der Waals surface area contributed by atoms with Gasteiger partial charge in [-0.2, -0.15) is 0 Å². The van der Waals surface area contributed by atoms with Crippen LogP contribution >= 0.6 is 0 Å². The van der Waals surface area contributed by atoms with E-state index >= 15 is 0 Å². The van der Waals surface area contributed by atoms with Crippen molar-refractivity contribution in [2.24, 2.45) is 0 Å². The molecule has 4 N–H and O–H groups in total. The Hall–Kier alpha value is -0.650. The maximum Gasteiger partial charge on any atom is 0.323 e. The van der Waals surface area contributed by atoms with Crippen molar-refractivity contribution in [2.75, 3.05) is 6.61 Å². The first-order valence-corrected chi connectivity index (χ1v) is 3.32. The lowest BCUT2D eigenvalue weighted by Crippen LogP contribution is -2.77. The highest BCUT2D eigenvalue weighted by Gasteiger charge is 2.53. The fraction of sp³-hybridized carbons (Fsp3) is 0.833. The van der Waals surface area contributed by atoms with Crippen molar-refractivity contribution in [2.45, 2.75) is 24.6 Å². The summed E-state index contributed by atoms with van der Waals surface area (Å²) in [7, 11) is 0. The summed E-state index contributed by atoms with van der Waals surface area (Å²) in [4.78, 5) is 10.4. The van der Waals surface area contributed by atoms with Gasteiger partial charge in [0.1, 0.15) is 11.6 Å². The fourth-order valence-corrected chi connectivity index (χ4v) is 1.20. The van der Waals surface area contributed by atoms with Crippen LogP contribution in [-0.4, -0.2) is 45.6 Å². The molecule has 1 saturated heterocycles. The zero-order chi connectivity index (χ0) is 8.65. The number of hydrogen-bond acceptors (Lipinski definition) is 4. The first-order chi connectivity index (χ1) is 5.00. The van der Waals surface area contributed by atoms with Crippen molar-refractivity contribution >= 4 is 5.97 Å². The Labute approximate surface area is 63.7 Å². The molecule has 0 aromatic rings. The minimum absolute atomic E-state index is 0.253. The molecule has 0 aromatic carbocycles. The summed E-state index contributed by atoms with van der Waals surface area (Å²) in [6.45, 7) is 1.14. The second-order valence-electron chi connectivity index (χ2n) is 2.90. The van der Waals surface area contributed by atoms with E-state index in [9.17, 15) is 9.90 Å². The van der Waals surface area contributed by atoms with Gasteiger partial charge in [-0.25, -0.2) is 0 Å². The van der Waals surface area contributed by atoms with Gasteiger partial charge < -0.3 is 15.3 Å². The summed E-state index contributed by atoms with van der Waals surface area (Å²) in [5, 5.41) is 29.0. The molecule has 3 atom stereocenters. The number of aliphatic hydroxyl groups is 2. The summed E-state index contributed by atoms with van der Waals surface area (Å²) in [5.74, 6) is -1.10. The Kier molecular flexibility index (Phi) is 1.87. The first-order valence-electron chi connectivity index (χ1n) is 3.32. The standard InChI is InChI=1S/C6H11NO4/c1-6(11)3(2-8)7-4(6)5(9)10/h3-4,7-8,11H,2H2,1H3,(H,9,10)/t3-,4+,6-/m1/s1. The fourth-order valence-electron chi connectivity index (χ4n) is 1.20. The molecule has 0 amide bonds. The summed E-state index contributed by atoms with van der Waals surface area (Å²) >= 11 is 0. The number of carbonyl (C=O) groups is 1. The number of carboxylic acids is 1. The lowest BCUT2D eigenvalue weighted by Gasteiger charge is -2.48. The summed E-state index contributed by atoms with van der Waals surface area (Å²) < 4.78 is 0. The van der Waals surface area contributed by atoms with Crippen LogP contribution in [0.1, 0.15) is 6.92 Å². The van der Waals surface area contributed by atoms with Crippen LogP contribution in [0.2, 0.25) is 0 Å². The van der Waals surface area contributed by atoms with E-state index in [2.05, 4.69) is 5.32 Å². The molecule has 1 aliphatic heterocycles. The predicted molar refractivity (Wildman–Crippen MR) is 36.1 cm³/mol. The number of nitrogens with one attached hydrogen (secondary N) is 1. The lowest BCUT2D eigenvalue weighted by molar-refractivity contribution is -0.164. The van der Waals surface area contributed by atoms with Gasteiger partial charge in [0, 0.05) is 0 Å². The maximum atomic E-state index is 10.4. The lowest BCUT2D eigenvalue weighted by atomic mass is 9.80. The molecular weight excluding hydrogens is 150 g/mol. The maximum absolute atomic E-state index is 10.4. The zero-order valence-electron chi connectivity index (χ0n) is 6.11. The molecule has 0 aliphatic carbocycles. The van der Waals surface area contributed by atoms with Crippen molar-refractivity contribution in [3.63, 3.8) is 0 Å². The van der Waals surface area contributed by atoms with Crippen LogP contribution in [0.3, 0.4) is 0 Å². The van der Waals surface area contributed by atoms with Gasteiger partial charge in [-0.1, -0.05) is 0 Å². The van der Waals surface area contributed by atoms with Crippen LogP contribution in [-0.2, 0) is 4.79 Å². The van der Waals surface area contributed by atoms with E-state index in [1.54, 1.807) is 0 Å². The van der Waals surface area contributed by atoms with E-state index in [0.717, 1.165) is 0 Å². The average molecular weight is 161 g/mol. The summed E-state index contributed by atoms with van der Waals surface area (Å²) in [6.07, 6.45) is 0. The molecule has 0 spiro atoms. The third-order valence-corrected chi connectivity index (χ3v) is 2.09. The van der Waals surface area contributed by atoms with E-state index in [0.29, 0.717) is 0 Å². The number of aliphatic hydroxyl groups excluding tert-OH is 1. The molecule has 64 valence electrons. The van der Waals surface area contributed by atoms with Gasteiger partial charge >= 0.3 is 5.97 Å². The van der Waals surface area contributed by atoms with E-state index in [1.165, 1.54) is 6.92 Å². The molecule has 1 heterocycles. The second kappa shape index (κ2) is 2.44. The van der Waals surface area contributed by atoms with Crippen molar-refractivity contribution in [1.82, 2.24) is 5.32 Å². The highest BCUT2D eigenvalue weighted by atomic mass is 16.4. The Bertz CT molecular complexity index is 179. The van der Waals surface area contributed by atoms with Gasteiger partial charge in [0.25, 0.3) is 0 Å². The van der Waals surface area contributed by atoms with E-state index in [-0.39, 0.29) is 6.61 Å². The summed E-state index contributed by atoms with van der Waals surface area (Å²) in [6, 6.07) is -1.48. The van der Waals surface area contributed by atoms with Gasteiger partial charge in [0.15, 0.2) is 0 Å². The SMILES string of the molecule is C[C@@]1(O)[C@@H](CO)N[C@H]1C(=O)O. The molecule has 1 aliphatic rings. The molecule has 5 nitrogen and oxygen atoms in total. The van der Waals surface area contributed by atoms with E-state index in [4.69, 9.17) is 10.2 Å². The first kappa shape index (κ1) is 8.45. The molecular formula is C6H11NO4. The highest BCUT2D eigenvalue weighted by Crippen LogP contribution is 2.25. The number of rotatable bonds is 2. The quantitative estimate of drug-likeness (QED) is 0.382. The Morgan fingerprint density at radius 1 is 1.73 bits per heavy atom. The van der Waals surface area contributed by atoms with Gasteiger partial charge in [0.05, 0.1) is 12.6 Å². The van der Waals surface area contributed by atoms with Gasteiger partial charge in [0.2, 0.25) is 0 Å². The van der Waals surface area contributed by atoms with Crippen LogP contribution in [0.5, 0.6) is 0 Å². The Morgan fingerprint density at radius 2 is 2.27 bits per heavy atom. The molecule has 0 unspecified atom stereocenters. The minimum Gasteiger partial charge on any atom is -0.480 e. The third kappa shape index (κ3) is 1.11. The molecule has 0 bridgehead atoms. The summed E-state index contributed by atoms with van der Waals surface area (Å²) in [5.41, 5.74) is -1.33. The van der Waals surface area contributed by atoms with Gasteiger partial charge in [-0.15, -0.1) is 0 Å². The van der Waals surface area contributed by atoms with E-state index in [1.807, 2.05) is 0 Å². The number of aliphatic carboxylic acids is 1. The number of carboxylic acid groups (broad SMARTS) is 1. The van der Waals surface area contributed by atoms with Crippen LogP contribution < -0.4 is 5.32 Å². The van der Waals surface area contributed by atoms with Crippen molar-refractivity contribution in [3.05, 3.63) is 0 Å². The van der Waals surface area contributed by atoms with Gasteiger partial charge in [-0.05, 0) is 6.92 Å². The molecule has 0 aromatic heterocycles. The highest BCUT2D eigenvalue weighted by molar-refractivity contribution is 5.77. The smallest absolute Gasteiger partial charge is 0.323 e. The second-order valence-corrected chi connectivity index (χ2v) is 2.90. The largest absolute Gasteiger partial charge is 0.480 e. The normalized spacial score (nSPS) is 43.2. The minimum atomic E-state index is -1.33. The van der Waals surface area contributed by atoms with Crippen molar-refractivity contribution in [1.29, 1.82) is 0 Å².